The number of nitrogens with zero attached hydrogens (tertiary/aromatic N) is 3. The number of aromatic nitrogens is 3. The van der Waals surface area contributed by atoms with E-state index in [4.69, 9.17) is 15.0 Å². The molecule has 3 nitrogen and oxygen atoms in total. The quantitative estimate of drug-likeness (QED) is 0.131. The van der Waals surface area contributed by atoms with Crippen LogP contribution in [0.3, 0.4) is 0 Å². The topological polar surface area (TPSA) is 38.7 Å². The fourth-order valence-corrected chi connectivity index (χ4v) is 9.30. The molecule has 0 atom stereocenters. The lowest BCUT2D eigenvalue weighted by atomic mass is 9.89. The zero-order valence-electron chi connectivity index (χ0n) is 29.6. The first-order chi connectivity index (χ1) is 27.3. The highest BCUT2D eigenvalue weighted by molar-refractivity contribution is 7.25. The average molecular weight is 718 g/mol. The number of rotatable bonds is 5. The maximum atomic E-state index is 5.26. The highest BCUT2D eigenvalue weighted by atomic mass is 32.1. The molecule has 0 bridgehead atoms. The van der Waals surface area contributed by atoms with Gasteiger partial charge in [0.2, 0.25) is 0 Å². The smallest absolute Gasteiger partial charge is 0.164 e. The van der Waals surface area contributed by atoms with Crippen LogP contribution in [0, 0.1) is 0 Å². The summed E-state index contributed by atoms with van der Waals surface area (Å²) in [6.45, 7) is 0. The summed E-state index contributed by atoms with van der Waals surface area (Å²) in [6, 6.07) is 66.9. The second kappa shape index (κ2) is 12.8. The van der Waals surface area contributed by atoms with Crippen LogP contribution in [0.15, 0.2) is 188 Å². The molecule has 0 saturated heterocycles. The van der Waals surface area contributed by atoms with E-state index in [0.29, 0.717) is 17.5 Å². The summed E-state index contributed by atoms with van der Waals surface area (Å²) in [4.78, 5) is 15.8. The summed E-state index contributed by atoms with van der Waals surface area (Å²) >= 11 is 1.80. The van der Waals surface area contributed by atoms with Crippen molar-refractivity contribution in [2.45, 2.75) is 0 Å². The molecule has 0 amide bonds. The summed E-state index contributed by atoms with van der Waals surface area (Å²) in [5.74, 6) is 1.94. The highest BCUT2D eigenvalue weighted by Crippen LogP contribution is 2.42. The van der Waals surface area contributed by atoms with Gasteiger partial charge in [-0.25, -0.2) is 15.0 Å². The molecule has 256 valence electrons. The van der Waals surface area contributed by atoms with Crippen LogP contribution >= 0.6 is 11.3 Å². The van der Waals surface area contributed by atoms with Crippen LogP contribution in [0.4, 0.5) is 0 Å². The summed E-state index contributed by atoms with van der Waals surface area (Å²) < 4.78 is 2.46. The predicted octanol–water partition coefficient (Wildman–Crippen LogP) is 14.0. The van der Waals surface area contributed by atoms with Crippen LogP contribution in [-0.4, -0.2) is 15.0 Å². The zero-order chi connectivity index (χ0) is 36.3. The van der Waals surface area contributed by atoms with Gasteiger partial charge in [-0.1, -0.05) is 170 Å². The van der Waals surface area contributed by atoms with Gasteiger partial charge in [0.1, 0.15) is 0 Å². The van der Waals surface area contributed by atoms with Crippen molar-refractivity contribution in [3.8, 4) is 56.4 Å². The lowest BCUT2D eigenvalue weighted by molar-refractivity contribution is 1.08. The van der Waals surface area contributed by atoms with Crippen molar-refractivity contribution in [1.29, 1.82) is 0 Å². The molecule has 0 fully saturated rings. The Morgan fingerprint density at radius 2 is 0.909 bits per heavy atom. The Kier molecular flexibility index (Phi) is 7.35. The summed E-state index contributed by atoms with van der Waals surface area (Å²) in [6.07, 6.45) is 0. The van der Waals surface area contributed by atoms with E-state index in [0.717, 1.165) is 33.4 Å². The van der Waals surface area contributed by atoms with Gasteiger partial charge in [-0.15, -0.1) is 11.3 Å². The first-order valence-electron chi connectivity index (χ1n) is 18.5. The Balaban J connectivity index is 1.12. The van der Waals surface area contributed by atoms with Crippen molar-refractivity contribution in [3.63, 3.8) is 0 Å². The van der Waals surface area contributed by atoms with Gasteiger partial charge in [-0.2, -0.15) is 0 Å². The van der Waals surface area contributed by atoms with Crippen LogP contribution in [0.5, 0.6) is 0 Å². The molecule has 0 unspecified atom stereocenters. The lowest BCUT2D eigenvalue weighted by Crippen LogP contribution is -2.01. The van der Waals surface area contributed by atoms with Crippen molar-refractivity contribution < 1.29 is 0 Å². The minimum absolute atomic E-state index is 0.639. The van der Waals surface area contributed by atoms with Gasteiger partial charge in [-0.05, 0) is 72.8 Å². The van der Waals surface area contributed by atoms with Crippen molar-refractivity contribution >= 4 is 63.8 Å². The number of hydrogen-bond acceptors (Lipinski definition) is 4. The normalized spacial score (nSPS) is 11.6. The van der Waals surface area contributed by atoms with Crippen LogP contribution in [-0.2, 0) is 0 Å². The number of hydrogen-bond donors (Lipinski definition) is 0. The Morgan fingerprint density at radius 3 is 1.75 bits per heavy atom. The molecule has 2 heterocycles. The SMILES string of the molecule is c1ccc(-c2ccccc2-c2nc(-c3ccc(-c4c5ccccc5cc5c4ccc4ccccc45)cc3)nc(-c3cccc4sc5ccccc5c34)n2)cc1. The van der Waals surface area contributed by atoms with Crippen molar-refractivity contribution in [3.05, 3.63) is 188 Å². The molecule has 0 aliphatic rings. The second-order valence-electron chi connectivity index (χ2n) is 13.9. The summed E-state index contributed by atoms with van der Waals surface area (Å²) in [7, 11) is 0. The third-order valence-electron chi connectivity index (χ3n) is 10.7. The molecule has 0 spiro atoms. The van der Waals surface area contributed by atoms with E-state index in [1.165, 1.54) is 58.1 Å². The third-order valence-corrected chi connectivity index (χ3v) is 11.9. The van der Waals surface area contributed by atoms with Gasteiger partial charge in [-0.3, -0.25) is 0 Å². The van der Waals surface area contributed by atoms with Gasteiger partial charge >= 0.3 is 0 Å². The van der Waals surface area contributed by atoms with Crippen LogP contribution in [0.25, 0.3) is 109 Å². The number of fused-ring (bicyclic) bond motifs is 7. The van der Waals surface area contributed by atoms with Crippen LogP contribution in [0.1, 0.15) is 0 Å². The van der Waals surface area contributed by atoms with Crippen LogP contribution < -0.4 is 0 Å². The molecule has 0 saturated carbocycles. The Morgan fingerprint density at radius 1 is 0.309 bits per heavy atom. The molecule has 0 aliphatic heterocycles. The van der Waals surface area contributed by atoms with E-state index in [-0.39, 0.29) is 0 Å². The van der Waals surface area contributed by atoms with E-state index in [2.05, 4.69) is 182 Å². The standard InChI is InChI=1S/C51H31N3S/c1-2-13-32(14-3-1)37-17-8-9-20-41(37)50-52-49(53-51(54-50)43-22-12-24-46-48(43)42-21-10-11-23-45(42)55-46)35-27-25-34(26-28-35)47-39-19-7-5-16-36(39)31-44-38-18-6-4-15-33(38)29-30-40(44)47/h1-31H. The molecule has 0 N–H and O–H groups in total. The Bertz CT molecular complexity index is 3260. The third kappa shape index (κ3) is 5.30. The fourth-order valence-electron chi connectivity index (χ4n) is 8.17. The minimum Gasteiger partial charge on any atom is -0.208 e. The predicted molar refractivity (Wildman–Crippen MR) is 232 cm³/mol. The molecule has 0 radical (unpaired) electrons. The monoisotopic (exact) mass is 717 g/mol. The number of benzene rings is 9. The van der Waals surface area contributed by atoms with E-state index in [1.54, 1.807) is 11.3 Å². The van der Waals surface area contributed by atoms with E-state index >= 15 is 0 Å². The second-order valence-corrected chi connectivity index (χ2v) is 15.0. The van der Waals surface area contributed by atoms with Crippen molar-refractivity contribution in [1.82, 2.24) is 15.0 Å². The summed E-state index contributed by atoms with van der Waals surface area (Å²) in [5.41, 5.74) is 7.48. The first kappa shape index (κ1) is 31.5. The van der Waals surface area contributed by atoms with Gasteiger partial charge in [0.25, 0.3) is 0 Å². The van der Waals surface area contributed by atoms with Gasteiger partial charge in [0, 0.05) is 36.9 Å². The molecule has 55 heavy (non-hydrogen) atoms. The van der Waals surface area contributed by atoms with E-state index in [1.807, 2.05) is 6.07 Å². The number of thiophene rings is 1. The Hall–Kier alpha value is -7.01. The van der Waals surface area contributed by atoms with Gasteiger partial charge < -0.3 is 0 Å². The average Bonchev–Trinajstić information content (AvgIpc) is 3.65. The van der Waals surface area contributed by atoms with Crippen molar-refractivity contribution in [2.75, 3.05) is 0 Å². The molecule has 0 aliphatic carbocycles. The molecular weight excluding hydrogens is 687 g/mol. The molecule has 2 aromatic heterocycles. The van der Waals surface area contributed by atoms with Gasteiger partial charge in [0.15, 0.2) is 17.5 Å². The molecule has 4 heteroatoms. The summed E-state index contributed by atoms with van der Waals surface area (Å²) in [5, 5.41) is 9.85. The van der Waals surface area contributed by atoms with Gasteiger partial charge in [0.05, 0.1) is 0 Å². The largest absolute Gasteiger partial charge is 0.208 e. The molecule has 11 rings (SSSR count). The minimum atomic E-state index is 0.639. The van der Waals surface area contributed by atoms with Crippen LogP contribution in [0.2, 0.25) is 0 Å². The maximum absolute atomic E-state index is 5.26. The molecule has 11 aromatic rings. The van der Waals surface area contributed by atoms with E-state index in [9.17, 15) is 0 Å². The molecular formula is C51H31N3S. The van der Waals surface area contributed by atoms with E-state index < -0.39 is 0 Å². The fraction of sp³-hybridized carbons (Fsp3) is 0. The maximum Gasteiger partial charge on any atom is 0.164 e. The Labute approximate surface area is 321 Å². The lowest BCUT2D eigenvalue weighted by Gasteiger charge is -2.15. The first-order valence-corrected chi connectivity index (χ1v) is 19.3. The zero-order valence-corrected chi connectivity index (χ0v) is 30.5. The highest BCUT2D eigenvalue weighted by Gasteiger charge is 2.19. The molecule has 9 aromatic carbocycles. The van der Waals surface area contributed by atoms with Crippen molar-refractivity contribution in [2.24, 2.45) is 0 Å².